The Bertz CT molecular complexity index is 1400. The van der Waals surface area contributed by atoms with Gasteiger partial charge in [0.25, 0.3) is 0 Å². The third-order valence-electron chi connectivity index (χ3n) is 5.65. The zero-order chi connectivity index (χ0) is 22.6. The van der Waals surface area contributed by atoms with E-state index in [1.807, 2.05) is 84.9 Å². The molecule has 4 nitrogen and oxygen atoms in total. The summed E-state index contributed by atoms with van der Waals surface area (Å²) in [6, 6.07) is 33.8. The Labute approximate surface area is 191 Å². The van der Waals surface area contributed by atoms with E-state index in [9.17, 15) is 9.59 Å². The number of carbonyl (C=O) groups is 2. The van der Waals surface area contributed by atoms with Gasteiger partial charge in [-0.05, 0) is 29.3 Å². The lowest BCUT2D eigenvalue weighted by Gasteiger charge is -2.17. The summed E-state index contributed by atoms with van der Waals surface area (Å²) in [6.45, 7) is 0. The number of carbonyl (C=O) groups excluding carboxylic acids is 2. The third kappa shape index (κ3) is 4.19. The molecule has 1 atom stereocenters. The minimum absolute atomic E-state index is 0.270. The van der Waals surface area contributed by atoms with E-state index in [0.29, 0.717) is 16.7 Å². The topological polar surface area (TPSA) is 59.2 Å². The van der Waals surface area contributed by atoms with Crippen LogP contribution >= 0.6 is 0 Å². The molecule has 0 spiro atoms. The molecule has 0 aliphatic carbocycles. The molecule has 160 valence electrons. The van der Waals surface area contributed by atoms with Gasteiger partial charge in [0.2, 0.25) is 5.78 Å². The number of fused-ring (bicyclic) bond motifs is 1. The third-order valence-corrected chi connectivity index (χ3v) is 5.65. The number of esters is 1. The van der Waals surface area contributed by atoms with Crippen LogP contribution in [0.2, 0.25) is 0 Å². The highest BCUT2D eigenvalue weighted by atomic mass is 16.5. The SMILES string of the molecule is O=C(O[C@H](C(=O)c1c[nH]c2ccccc12)c1ccccc1)c1ccc(-c2ccccc2)cc1. The molecule has 0 bridgehead atoms. The van der Waals surface area contributed by atoms with Crippen LogP contribution in [-0.4, -0.2) is 16.7 Å². The lowest BCUT2D eigenvalue weighted by molar-refractivity contribution is 0.0280. The first kappa shape index (κ1) is 20.5. The van der Waals surface area contributed by atoms with Crippen LogP contribution in [0.25, 0.3) is 22.0 Å². The fourth-order valence-electron chi connectivity index (χ4n) is 3.92. The van der Waals surface area contributed by atoms with Crippen molar-refractivity contribution in [3.05, 3.63) is 132 Å². The quantitative estimate of drug-likeness (QED) is 0.243. The van der Waals surface area contributed by atoms with Gasteiger partial charge < -0.3 is 9.72 Å². The average molecular weight is 431 g/mol. The molecule has 0 radical (unpaired) electrons. The Balaban J connectivity index is 1.44. The largest absolute Gasteiger partial charge is 0.445 e. The molecule has 1 aromatic heterocycles. The molecular formula is C29H21NO3. The summed E-state index contributed by atoms with van der Waals surface area (Å²) in [6.07, 6.45) is 0.623. The van der Waals surface area contributed by atoms with Gasteiger partial charge in [0.15, 0.2) is 6.10 Å². The van der Waals surface area contributed by atoms with E-state index in [-0.39, 0.29) is 5.78 Å². The molecule has 0 aliphatic rings. The molecule has 4 aromatic carbocycles. The Hall–Kier alpha value is -4.44. The molecule has 0 saturated heterocycles. The minimum atomic E-state index is -1.05. The summed E-state index contributed by atoms with van der Waals surface area (Å²) in [7, 11) is 0. The van der Waals surface area contributed by atoms with E-state index in [0.717, 1.165) is 22.0 Å². The van der Waals surface area contributed by atoms with Crippen molar-refractivity contribution in [2.45, 2.75) is 6.10 Å². The highest BCUT2D eigenvalue weighted by Gasteiger charge is 2.28. The molecule has 5 rings (SSSR count). The summed E-state index contributed by atoms with van der Waals surface area (Å²) in [5.74, 6) is -0.815. The smallest absolute Gasteiger partial charge is 0.339 e. The summed E-state index contributed by atoms with van der Waals surface area (Å²) in [5.41, 5.74) is 4.43. The molecule has 0 aliphatic heterocycles. The molecule has 0 unspecified atom stereocenters. The summed E-state index contributed by atoms with van der Waals surface area (Å²) < 4.78 is 5.80. The van der Waals surface area contributed by atoms with E-state index >= 15 is 0 Å². The van der Waals surface area contributed by atoms with Gasteiger partial charge in [0.1, 0.15) is 0 Å². The Morgan fingerprint density at radius 1 is 0.667 bits per heavy atom. The van der Waals surface area contributed by atoms with Gasteiger partial charge in [-0.15, -0.1) is 0 Å². The molecule has 5 aromatic rings. The lowest BCUT2D eigenvalue weighted by atomic mass is 9.99. The first-order valence-electron chi connectivity index (χ1n) is 10.7. The maximum Gasteiger partial charge on any atom is 0.339 e. The molecule has 1 N–H and O–H groups in total. The summed E-state index contributed by atoms with van der Waals surface area (Å²) in [4.78, 5) is 29.7. The van der Waals surface area contributed by atoms with Crippen LogP contribution in [0.1, 0.15) is 32.4 Å². The number of aromatic amines is 1. The van der Waals surface area contributed by atoms with Crippen molar-refractivity contribution in [3.8, 4) is 11.1 Å². The standard InChI is InChI=1S/C29H21NO3/c31-27(25-19-30-26-14-8-7-13-24(25)26)28(22-11-5-2-6-12-22)33-29(32)23-17-15-21(16-18-23)20-9-3-1-4-10-20/h1-19,28,30H/t28-/m0/s1. The van der Waals surface area contributed by atoms with Crippen molar-refractivity contribution in [3.63, 3.8) is 0 Å². The van der Waals surface area contributed by atoms with Gasteiger partial charge in [-0.3, -0.25) is 4.79 Å². The van der Waals surface area contributed by atoms with Gasteiger partial charge in [0, 0.05) is 28.2 Å². The second-order valence-corrected chi connectivity index (χ2v) is 7.75. The second-order valence-electron chi connectivity index (χ2n) is 7.75. The van der Waals surface area contributed by atoms with Gasteiger partial charge in [-0.25, -0.2) is 4.79 Å². The van der Waals surface area contributed by atoms with Crippen molar-refractivity contribution < 1.29 is 14.3 Å². The van der Waals surface area contributed by atoms with Gasteiger partial charge in [-0.2, -0.15) is 0 Å². The number of Topliss-reactive ketones (excluding diaryl/α,β-unsaturated/α-hetero) is 1. The highest BCUT2D eigenvalue weighted by Crippen LogP contribution is 2.28. The average Bonchev–Trinajstić information content (AvgIpc) is 3.32. The Morgan fingerprint density at radius 2 is 1.27 bits per heavy atom. The number of rotatable bonds is 6. The van der Waals surface area contributed by atoms with Crippen LogP contribution in [0, 0.1) is 0 Å². The lowest BCUT2D eigenvalue weighted by Crippen LogP contribution is -2.20. The van der Waals surface area contributed by atoms with Gasteiger partial charge in [-0.1, -0.05) is 91.0 Å². The molecule has 0 amide bonds. The van der Waals surface area contributed by atoms with Crippen LogP contribution in [0.3, 0.4) is 0 Å². The van der Waals surface area contributed by atoms with Gasteiger partial charge >= 0.3 is 5.97 Å². The maximum absolute atomic E-state index is 13.5. The highest BCUT2D eigenvalue weighted by molar-refractivity contribution is 6.11. The Morgan fingerprint density at radius 3 is 2.00 bits per heavy atom. The van der Waals surface area contributed by atoms with Crippen LogP contribution in [-0.2, 0) is 4.74 Å². The number of para-hydroxylation sites is 1. The van der Waals surface area contributed by atoms with E-state index in [1.54, 1.807) is 30.5 Å². The number of ketones is 1. The molecular weight excluding hydrogens is 410 g/mol. The number of hydrogen-bond donors (Lipinski definition) is 1. The number of H-pyrrole nitrogens is 1. The Kier molecular flexibility index (Phi) is 5.56. The predicted octanol–water partition coefficient (Wildman–Crippen LogP) is 6.62. The molecule has 1 heterocycles. The van der Waals surface area contributed by atoms with E-state index in [4.69, 9.17) is 4.74 Å². The minimum Gasteiger partial charge on any atom is -0.445 e. The number of aromatic nitrogens is 1. The molecule has 4 heteroatoms. The van der Waals surface area contributed by atoms with Crippen molar-refractivity contribution >= 4 is 22.7 Å². The zero-order valence-corrected chi connectivity index (χ0v) is 17.8. The van der Waals surface area contributed by atoms with Crippen LogP contribution in [0.15, 0.2) is 115 Å². The first-order valence-corrected chi connectivity index (χ1v) is 10.7. The number of benzene rings is 4. The fourth-order valence-corrected chi connectivity index (χ4v) is 3.92. The second kappa shape index (κ2) is 8.97. The van der Waals surface area contributed by atoms with Crippen molar-refractivity contribution in [2.24, 2.45) is 0 Å². The number of ether oxygens (including phenoxy) is 1. The van der Waals surface area contributed by atoms with Gasteiger partial charge in [0.05, 0.1) is 5.56 Å². The maximum atomic E-state index is 13.5. The van der Waals surface area contributed by atoms with Crippen LogP contribution in [0.5, 0.6) is 0 Å². The van der Waals surface area contributed by atoms with E-state index in [1.165, 1.54) is 0 Å². The predicted molar refractivity (Wildman–Crippen MR) is 129 cm³/mol. The number of nitrogens with one attached hydrogen (secondary N) is 1. The summed E-state index contributed by atoms with van der Waals surface area (Å²) >= 11 is 0. The monoisotopic (exact) mass is 431 g/mol. The van der Waals surface area contributed by atoms with E-state index < -0.39 is 12.1 Å². The zero-order valence-electron chi connectivity index (χ0n) is 17.8. The van der Waals surface area contributed by atoms with Crippen molar-refractivity contribution in [1.29, 1.82) is 0 Å². The fraction of sp³-hybridized carbons (Fsp3) is 0.0345. The summed E-state index contributed by atoms with van der Waals surface area (Å²) in [5, 5.41) is 0.798. The van der Waals surface area contributed by atoms with E-state index in [2.05, 4.69) is 4.98 Å². The van der Waals surface area contributed by atoms with Crippen molar-refractivity contribution in [2.75, 3.05) is 0 Å². The van der Waals surface area contributed by atoms with Crippen LogP contribution < -0.4 is 0 Å². The molecule has 0 fully saturated rings. The molecule has 33 heavy (non-hydrogen) atoms. The number of hydrogen-bond acceptors (Lipinski definition) is 3. The van der Waals surface area contributed by atoms with Crippen LogP contribution in [0.4, 0.5) is 0 Å². The normalized spacial score (nSPS) is 11.8. The molecule has 0 saturated carbocycles. The van der Waals surface area contributed by atoms with Crippen molar-refractivity contribution in [1.82, 2.24) is 4.98 Å². The first-order chi connectivity index (χ1) is 16.2.